The third-order valence-corrected chi connectivity index (χ3v) is 3.73. The molecule has 9 heteroatoms. The molecule has 0 heterocycles. The number of amides is 3. The predicted octanol–water partition coefficient (Wildman–Crippen LogP) is 3.24. The summed E-state index contributed by atoms with van der Waals surface area (Å²) in [5.41, 5.74) is 10.5. The molecule has 0 unspecified atom stereocenters. The summed E-state index contributed by atoms with van der Waals surface area (Å²) in [6, 6.07) is 13.1. The number of primary amides is 2. The zero-order valence-corrected chi connectivity index (χ0v) is 15.4. The maximum atomic E-state index is 13.2. The Hall–Kier alpha value is -4.14. The van der Waals surface area contributed by atoms with Gasteiger partial charge in [-0.3, -0.25) is 14.4 Å². The number of hydrogen-bond acceptors (Lipinski definition) is 3. The molecule has 6 nitrogen and oxygen atoms in total. The Morgan fingerprint density at radius 1 is 0.633 bits per heavy atom. The second-order valence-electron chi connectivity index (χ2n) is 5.89. The van der Waals surface area contributed by atoms with E-state index in [1.54, 1.807) is 0 Å². The van der Waals surface area contributed by atoms with Gasteiger partial charge in [0.25, 0.3) is 11.8 Å². The molecule has 3 amide bonds. The molecule has 0 saturated heterocycles. The predicted molar refractivity (Wildman–Crippen MR) is 104 cm³/mol. The van der Waals surface area contributed by atoms with Crippen LogP contribution in [0, 0.1) is 17.5 Å². The number of rotatable bonds is 4. The fraction of sp³-hybridized carbons (Fsp3) is 0. The summed E-state index contributed by atoms with van der Waals surface area (Å²) in [7, 11) is 0. The minimum atomic E-state index is -0.792. The number of nitrogens with one attached hydrogen (secondary N) is 1. The van der Waals surface area contributed by atoms with E-state index in [0.717, 1.165) is 24.3 Å². The Labute approximate surface area is 169 Å². The third-order valence-electron chi connectivity index (χ3n) is 3.73. The van der Waals surface area contributed by atoms with Crippen molar-refractivity contribution < 1.29 is 27.6 Å². The molecule has 3 rings (SSSR count). The van der Waals surface area contributed by atoms with Gasteiger partial charge in [0.2, 0.25) is 5.91 Å². The van der Waals surface area contributed by atoms with Gasteiger partial charge in [-0.15, -0.1) is 0 Å². The molecule has 0 radical (unpaired) electrons. The second-order valence-corrected chi connectivity index (χ2v) is 5.89. The van der Waals surface area contributed by atoms with Crippen LogP contribution in [0.3, 0.4) is 0 Å². The van der Waals surface area contributed by atoms with Crippen molar-refractivity contribution in [1.82, 2.24) is 0 Å². The van der Waals surface area contributed by atoms with Crippen LogP contribution in [0.4, 0.5) is 18.9 Å². The number of carbonyl (C=O) groups excluding carboxylic acids is 3. The summed E-state index contributed by atoms with van der Waals surface area (Å²) >= 11 is 0. The fourth-order valence-corrected chi connectivity index (χ4v) is 2.24. The lowest BCUT2D eigenvalue weighted by molar-refractivity contribution is 0.0991. The number of halogens is 3. The molecule has 0 aliphatic heterocycles. The van der Waals surface area contributed by atoms with Gasteiger partial charge in [0.15, 0.2) is 0 Å². The van der Waals surface area contributed by atoms with Crippen molar-refractivity contribution in [1.29, 1.82) is 0 Å². The molecule has 0 aliphatic rings. The smallest absolute Gasteiger partial charge is 0.255 e. The molecule has 30 heavy (non-hydrogen) atoms. The van der Waals surface area contributed by atoms with Crippen LogP contribution >= 0.6 is 0 Å². The van der Waals surface area contributed by atoms with Gasteiger partial charge in [-0.05, 0) is 66.7 Å². The summed E-state index contributed by atoms with van der Waals surface area (Å²) in [5, 5.41) is 2.37. The van der Waals surface area contributed by atoms with Crippen LogP contribution in [0.1, 0.15) is 31.1 Å². The van der Waals surface area contributed by atoms with Crippen LogP contribution < -0.4 is 16.8 Å². The Bertz CT molecular complexity index is 1070. The van der Waals surface area contributed by atoms with Crippen LogP contribution in [0.2, 0.25) is 0 Å². The van der Waals surface area contributed by atoms with Crippen molar-refractivity contribution in [2.24, 2.45) is 11.5 Å². The SMILES string of the molecule is NC(=O)c1ccc(F)cc1.NC(=O)c1ccc(F)cc1NC(=O)c1ccc(F)cc1. The highest BCUT2D eigenvalue weighted by Crippen LogP contribution is 2.18. The second kappa shape index (κ2) is 9.87. The van der Waals surface area contributed by atoms with Gasteiger partial charge < -0.3 is 16.8 Å². The van der Waals surface area contributed by atoms with Crippen molar-refractivity contribution in [3.63, 3.8) is 0 Å². The number of benzene rings is 3. The van der Waals surface area contributed by atoms with Crippen LogP contribution in [-0.4, -0.2) is 17.7 Å². The lowest BCUT2D eigenvalue weighted by Crippen LogP contribution is -2.18. The third kappa shape index (κ3) is 6.20. The Morgan fingerprint density at radius 2 is 1.10 bits per heavy atom. The van der Waals surface area contributed by atoms with Crippen molar-refractivity contribution in [3.8, 4) is 0 Å². The standard InChI is InChI=1S/C14H10F2N2O2.C7H6FNO/c15-9-3-1-8(2-4-9)14(20)18-12-7-10(16)5-6-11(12)13(17)19;8-6-3-1-5(2-4-6)7(9)10/h1-7H,(H2,17,19)(H,18,20);1-4H,(H2,9,10). The Balaban J connectivity index is 0.000000269. The van der Waals surface area contributed by atoms with E-state index in [1.807, 2.05) is 0 Å². The molecular weight excluding hydrogens is 399 g/mol. The summed E-state index contributed by atoms with van der Waals surface area (Å²) in [4.78, 5) is 33.5. The molecule has 3 aromatic carbocycles. The first-order valence-corrected chi connectivity index (χ1v) is 8.39. The average molecular weight is 415 g/mol. The molecule has 0 bridgehead atoms. The van der Waals surface area contributed by atoms with Gasteiger partial charge in [-0.1, -0.05) is 0 Å². The van der Waals surface area contributed by atoms with E-state index in [4.69, 9.17) is 11.5 Å². The first-order chi connectivity index (χ1) is 14.2. The number of anilines is 1. The summed E-state index contributed by atoms with van der Waals surface area (Å²) in [5.74, 6) is -3.41. The number of carbonyl (C=O) groups is 3. The van der Waals surface area contributed by atoms with Crippen molar-refractivity contribution >= 4 is 23.4 Å². The van der Waals surface area contributed by atoms with Crippen LogP contribution in [-0.2, 0) is 0 Å². The van der Waals surface area contributed by atoms with Gasteiger partial charge in [0, 0.05) is 11.1 Å². The van der Waals surface area contributed by atoms with Gasteiger partial charge in [-0.2, -0.15) is 0 Å². The van der Waals surface area contributed by atoms with E-state index >= 15 is 0 Å². The molecule has 154 valence electrons. The van der Waals surface area contributed by atoms with E-state index in [1.165, 1.54) is 42.5 Å². The molecule has 0 saturated carbocycles. The monoisotopic (exact) mass is 415 g/mol. The summed E-state index contributed by atoms with van der Waals surface area (Å²) < 4.78 is 38.1. The van der Waals surface area contributed by atoms with Crippen molar-refractivity contribution in [2.75, 3.05) is 5.32 Å². The zero-order valence-electron chi connectivity index (χ0n) is 15.4. The maximum absolute atomic E-state index is 13.2. The largest absolute Gasteiger partial charge is 0.366 e. The number of hydrogen-bond donors (Lipinski definition) is 3. The van der Waals surface area contributed by atoms with E-state index in [-0.39, 0.29) is 22.6 Å². The summed E-state index contributed by atoms with van der Waals surface area (Å²) in [6.45, 7) is 0. The van der Waals surface area contributed by atoms with Crippen LogP contribution in [0.25, 0.3) is 0 Å². The molecule has 3 aromatic rings. The molecule has 0 aliphatic carbocycles. The minimum absolute atomic E-state index is 0.0122. The highest BCUT2D eigenvalue weighted by atomic mass is 19.1. The van der Waals surface area contributed by atoms with Gasteiger partial charge in [0.1, 0.15) is 17.5 Å². The van der Waals surface area contributed by atoms with Crippen LogP contribution in [0.5, 0.6) is 0 Å². The minimum Gasteiger partial charge on any atom is -0.366 e. The quantitative estimate of drug-likeness (QED) is 0.608. The lowest BCUT2D eigenvalue weighted by atomic mass is 10.1. The lowest BCUT2D eigenvalue weighted by Gasteiger charge is -2.09. The Morgan fingerprint density at radius 3 is 1.57 bits per heavy atom. The van der Waals surface area contributed by atoms with E-state index < -0.39 is 29.4 Å². The fourth-order valence-electron chi connectivity index (χ4n) is 2.24. The van der Waals surface area contributed by atoms with E-state index in [2.05, 4.69) is 5.32 Å². The molecule has 0 atom stereocenters. The van der Waals surface area contributed by atoms with Crippen molar-refractivity contribution in [2.45, 2.75) is 0 Å². The van der Waals surface area contributed by atoms with Crippen LogP contribution in [0.15, 0.2) is 66.7 Å². The average Bonchev–Trinajstić information content (AvgIpc) is 2.69. The molecule has 0 fully saturated rings. The van der Waals surface area contributed by atoms with E-state index in [0.29, 0.717) is 5.56 Å². The normalized spacial score (nSPS) is 9.83. The van der Waals surface area contributed by atoms with Gasteiger partial charge >= 0.3 is 0 Å². The Kier molecular flexibility index (Phi) is 7.29. The first-order valence-electron chi connectivity index (χ1n) is 8.39. The number of nitrogens with two attached hydrogens (primary N) is 2. The van der Waals surface area contributed by atoms with Crippen molar-refractivity contribution in [3.05, 3.63) is 101 Å². The molecule has 0 spiro atoms. The zero-order chi connectivity index (χ0) is 22.3. The van der Waals surface area contributed by atoms with E-state index in [9.17, 15) is 27.6 Å². The molecular formula is C21H16F3N3O3. The highest BCUT2D eigenvalue weighted by molar-refractivity contribution is 6.08. The maximum Gasteiger partial charge on any atom is 0.255 e. The van der Waals surface area contributed by atoms with Gasteiger partial charge in [-0.25, -0.2) is 13.2 Å². The first kappa shape index (κ1) is 22.2. The summed E-state index contributed by atoms with van der Waals surface area (Å²) in [6.07, 6.45) is 0. The molecule has 0 aromatic heterocycles. The topological polar surface area (TPSA) is 115 Å². The van der Waals surface area contributed by atoms with Gasteiger partial charge in [0.05, 0.1) is 11.3 Å². The highest BCUT2D eigenvalue weighted by Gasteiger charge is 2.13. The molecule has 5 N–H and O–H groups in total.